The van der Waals surface area contributed by atoms with Crippen molar-refractivity contribution in [2.75, 3.05) is 13.2 Å². The molecule has 3 heteroatoms. The third-order valence-corrected chi connectivity index (χ3v) is 3.56. The maximum absolute atomic E-state index is 11.9. The first-order valence-corrected chi connectivity index (χ1v) is 6.33. The van der Waals surface area contributed by atoms with Gasteiger partial charge in [0.25, 0.3) is 0 Å². The van der Waals surface area contributed by atoms with Crippen molar-refractivity contribution >= 4 is 5.91 Å². The lowest BCUT2D eigenvalue weighted by atomic mass is 9.82. The molecule has 0 heterocycles. The van der Waals surface area contributed by atoms with Gasteiger partial charge in [-0.3, -0.25) is 4.79 Å². The van der Waals surface area contributed by atoms with Gasteiger partial charge in [0.1, 0.15) is 0 Å². The summed E-state index contributed by atoms with van der Waals surface area (Å²) in [5, 5.41) is 12.1. The molecular formula is C13H25NO2. The Morgan fingerprint density at radius 3 is 2.38 bits per heavy atom. The van der Waals surface area contributed by atoms with Crippen LogP contribution in [0.15, 0.2) is 0 Å². The fourth-order valence-electron chi connectivity index (χ4n) is 2.05. The van der Waals surface area contributed by atoms with Gasteiger partial charge in [0, 0.05) is 24.5 Å². The molecule has 1 amide bonds. The lowest BCUT2D eigenvalue weighted by Gasteiger charge is -2.27. The van der Waals surface area contributed by atoms with E-state index in [1.54, 1.807) is 0 Å². The fraction of sp³-hybridized carbons (Fsp3) is 0.923. The average Bonchev–Trinajstić information content (AvgIpc) is 2.27. The van der Waals surface area contributed by atoms with E-state index in [0.29, 0.717) is 6.54 Å². The molecule has 16 heavy (non-hydrogen) atoms. The maximum atomic E-state index is 11.9. The minimum atomic E-state index is -0.211. The zero-order valence-electron chi connectivity index (χ0n) is 10.8. The molecule has 94 valence electrons. The van der Waals surface area contributed by atoms with Gasteiger partial charge in [-0.25, -0.2) is 0 Å². The number of aliphatic hydroxyl groups excluding tert-OH is 1. The van der Waals surface area contributed by atoms with Crippen LogP contribution in [0.1, 0.15) is 46.5 Å². The third kappa shape index (κ3) is 4.12. The van der Waals surface area contributed by atoms with Crippen molar-refractivity contribution in [3.05, 3.63) is 0 Å². The second kappa shape index (κ2) is 5.67. The van der Waals surface area contributed by atoms with E-state index in [-0.39, 0.29) is 23.8 Å². The van der Waals surface area contributed by atoms with E-state index in [4.69, 9.17) is 5.11 Å². The molecule has 0 unspecified atom stereocenters. The van der Waals surface area contributed by atoms with Gasteiger partial charge in [-0.15, -0.1) is 0 Å². The summed E-state index contributed by atoms with van der Waals surface area (Å²) in [6.07, 6.45) is 4.38. The number of nitrogens with one attached hydrogen (secondary N) is 1. The molecular weight excluding hydrogens is 202 g/mol. The van der Waals surface area contributed by atoms with Crippen LogP contribution in [0.2, 0.25) is 0 Å². The fourth-order valence-corrected chi connectivity index (χ4v) is 2.05. The maximum Gasteiger partial charge on any atom is 0.223 e. The highest BCUT2D eigenvalue weighted by Gasteiger charge is 2.25. The third-order valence-electron chi connectivity index (χ3n) is 3.56. The van der Waals surface area contributed by atoms with E-state index < -0.39 is 0 Å². The van der Waals surface area contributed by atoms with Crippen molar-refractivity contribution in [3.8, 4) is 0 Å². The summed E-state index contributed by atoms with van der Waals surface area (Å²) < 4.78 is 0. The van der Waals surface area contributed by atoms with Crippen molar-refractivity contribution < 1.29 is 9.90 Å². The number of hydrogen-bond donors (Lipinski definition) is 2. The number of amides is 1. The monoisotopic (exact) mass is 227 g/mol. The topological polar surface area (TPSA) is 49.3 Å². The first-order chi connectivity index (χ1) is 7.44. The van der Waals surface area contributed by atoms with Gasteiger partial charge in [-0.1, -0.05) is 20.8 Å². The van der Waals surface area contributed by atoms with E-state index >= 15 is 0 Å². The highest BCUT2D eigenvalue weighted by atomic mass is 16.3. The largest absolute Gasteiger partial charge is 0.396 e. The zero-order chi connectivity index (χ0) is 12.2. The standard InChI is InChI=1S/C13H25NO2/c1-10-4-6-11(7-5-10)12(16)14-8-13(2,3)9-15/h10-11,15H,4-9H2,1-3H3,(H,14,16). The number of carbonyl (C=O) groups excluding carboxylic acids is 1. The lowest BCUT2D eigenvalue weighted by Crippen LogP contribution is -2.40. The number of rotatable bonds is 4. The smallest absolute Gasteiger partial charge is 0.223 e. The number of aliphatic hydroxyl groups is 1. The van der Waals surface area contributed by atoms with Crippen LogP contribution in [0, 0.1) is 17.3 Å². The van der Waals surface area contributed by atoms with Crippen LogP contribution in [0.3, 0.4) is 0 Å². The summed E-state index contributed by atoms with van der Waals surface area (Å²) in [5.74, 6) is 1.15. The molecule has 0 bridgehead atoms. The van der Waals surface area contributed by atoms with Crippen LogP contribution in [-0.2, 0) is 4.79 Å². The second-order valence-electron chi connectivity index (χ2n) is 6.00. The summed E-state index contributed by atoms with van der Waals surface area (Å²) in [6, 6.07) is 0. The van der Waals surface area contributed by atoms with Crippen molar-refractivity contribution in [1.82, 2.24) is 5.32 Å². The summed E-state index contributed by atoms with van der Waals surface area (Å²) in [4.78, 5) is 11.9. The van der Waals surface area contributed by atoms with Gasteiger partial charge >= 0.3 is 0 Å². The van der Waals surface area contributed by atoms with E-state index in [1.165, 1.54) is 12.8 Å². The van der Waals surface area contributed by atoms with E-state index in [0.717, 1.165) is 18.8 Å². The zero-order valence-corrected chi connectivity index (χ0v) is 10.8. The Hall–Kier alpha value is -0.570. The van der Waals surface area contributed by atoms with Crippen molar-refractivity contribution in [2.24, 2.45) is 17.3 Å². The van der Waals surface area contributed by atoms with Gasteiger partial charge in [0.15, 0.2) is 0 Å². The highest BCUT2D eigenvalue weighted by Crippen LogP contribution is 2.28. The molecule has 3 nitrogen and oxygen atoms in total. The molecule has 0 aliphatic heterocycles. The molecule has 1 fully saturated rings. The number of hydrogen-bond acceptors (Lipinski definition) is 2. The molecule has 2 N–H and O–H groups in total. The molecule has 0 aromatic heterocycles. The molecule has 1 rings (SSSR count). The normalized spacial score (nSPS) is 26.5. The first kappa shape index (κ1) is 13.5. The molecule has 0 atom stereocenters. The van der Waals surface area contributed by atoms with Crippen molar-refractivity contribution in [2.45, 2.75) is 46.5 Å². The molecule has 0 aromatic rings. The molecule has 1 aliphatic carbocycles. The summed E-state index contributed by atoms with van der Waals surface area (Å²) in [6.45, 7) is 6.83. The SMILES string of the molecule is CC1CCC(C(=O)NCC(C)(C)CO)CC1. The Balaban J connectivity index is 2.30. The van der Waals surface area contributed by atoms with Gasteiger partial charge in [0.05, 0.1) is 0 Å². The first-order valence-electron chi connectivity index (χ1n) is 6.33. The van der Waals surface area contributed by atoms with Crippen LogP contribution in [-0.4, -0.2) is 24.2 Å². The van der Waals surface area contributed by atoms with Gasteiger partial charge < -0.3 is 10.4 Å². The minimum Gasteiger partial charge on any atom is -0.396 e. The van der Waals surface area contributed by atoms with Crippen LogP contribution in [0.5, 0.6) is 0 Å². The Bertz CT molecular complexity index is 230. The van der Waals surface area contributed by atoms with Crippen molar-refractivity contribution in [1.29, 1.82) is 0 Å². The molecule has 0 aromatic carbocycles. The van der Waals surface area contributed by atoms with E-state index in [1.807, 2.05) is 13.8 Å². The van der Waals surface area contributed by atoms with Gasteiger partial charge in [-0.05, 0) is 31.6 Å². The molecule has 0 saturated heterocycles. The number of carbonyl (C=O) groups is 1. The van der Waals surface area contributed by atoms with Crippen LogP contribution in [0.4, 0.5) is 0 Å². The van der Waals surface area contributed by atoms with Gasteiger partial charge in [0.2, 0.25) is 5.91 Å². The Morgan fingerprint density at radius 1 is 1.31 bits per heavy atom. The van der Waals surface area contributed by atoms with Crippen LogP contribution < -0.4 is 5.32 Å². The van der Waals surface area contributed by atoms with Crippen molar-refractivity contribution in [3.63, 3.8) is 0 Å². The second-order valence-corrected chi connectivity index (χ2v) is 6.00. The predicted molar refractivity (Wildman–Crippen MR) is 65.0 cm³/mol. The van der Waals surface area contributed by atoms with Crippen LogP contribution in [0.25, 0.3) is 0 Å². The van der Waals surface area contributed by atoms with E-state index in [2.05, 4.69) is 12.2 Å². The van der Waals surface area contributed by atoms with Gasteiger partial charge in [-0.2, -0.15) is 0 Å². The van der Waals surface area contributed by atoms with E-state index in [9.17, 15) is 4.79 Å². The summed E-state index contributed by atoms with van der Waals surface area (Å²) in [5.41, 5.74) is -0.211. The Labute approximate surface area is 98.6 Å². The quantitative estimate of drug-likeness (QED) is 0.771. The van der Waals surface area contributed by atoms with Crippen LogP contribution >= 0.6 is 0 Å². The molecule has 1 aliphatic rings. The molecule has 0 radical (unpaired) electrons. The average molecular weight is 227 g/mol. The molecule has 1 saturated carbocycles. The highest BCUT2D eigenvalue weighted by molar-refractivity contribution is 5.78. The minimum absolute atomic E-state index is 0.106. The lowest BCUT2D eigenvalue weighted by molar-refractivity contribution is -0.126. The molecule has 0 spiro atoms. The Kier molecular flexibility index (Phi) is 4.78. The predicted octanol–water partition coefficient (Wildman–Crippen LogP) is 1.95. The Morgan fingerprint density at radius 2 is 1.88 bits per heavy atom. The summed E-state index contributed by atoms with van der Waals surface area (Å²) in [7, 11) is 0. The summed E-state index contributed by atoms with van der Waals surface area (Å²) >= 11 is 0.